The van der Waals surface area contributed by atoms with Crippen molar-refractivity contribution in [2.75, 3.05) is 5.33 Å². The van der Waals surface area contributed by atoms with Crippen LogP contribution in [0.25, 0.3) is 0 Å². The SMILES string of the molecule is CC1(C)CC[C@]2(C(O)CBr)CC[C@]3(C)C(C(=O)C[C@@H]4[C@@]5(C)C=C(C#N)C(=O)C(C)(C)[C@@H]5CC[C@]43C)[C@H]2C1. The van der Waals surface area contributed by atoms with Gasteiger partial charge in [-0.1, -0.05) is 70.5 Å². The fourth-order valence-corrected chi connectivity index (χ4v) is 11.7. The van der Waals surface area contributed by atoms with Crippen LogP contribution in [0.15, 0.2) is 11.6 Å². The third-order valence-electron chi connectivity index (χ3n) is 13.3. The quantitative estimate of drug-likeness (QED) is 0.360. The predicted molar refractivity (Wildman–Crippen MR) is 149 cm³/mol. The van der Waals surface area contributed by atoms with Crippen LogP contribution in [0.5, 0.6) is 0 Å². The van der Waals surface area contributed by atoms with E-state index in [-0.39, 0.29) is 62.1 Å². The molecule has 37 heavy (non-hydrogen) atoms. The number of ketones is 2. The minimum absolute atomic E-state index is 0.0389. The first-order chi connectivity index (χ1) is 17.0. The number of hydrogen-bond acceptors (Lipinski definition) is 4. The average molecular weight is 573 g/mol. The fourth-order valence-electron chi connectivity index (χ4n) is 11.1. The van der Waals surface area contributed by atoms with Crippen molar-refractivity contribution in [1.29, 1.82) is 5.26 Å². The Labute approximate surface area is 232 Å². The van der Waals surface area contributed by atoms with E-state index in [1.807, 2.05) is 19.9 Å². The van der Waals surface area contributed by atoms with Crippen molar-refractivity contribution < 1.29 is 14.7 Å². The van der Waals surface area contributed by atoms with E-state index in [2.05, 4.69) is 56.6 Å². The molecule has 0 spiro atoms. The summed E-state index contributed by atoms with van der Waals surface area (Å²) in [7, 11) is 0. The Morgan fingerprint density at radius 1 is 1.00 bits per heavy atom. The van der Waals surface area contributed by atoms with Crippen molar-refractivity contribution in [1.82, 2.24) is 0 Å². The average Bonchev–Trinajstić information content (AvgIpc) is 2.82. The van der Waals surface area contributed by atoms with Crippen LogP contribution in [0, 0.1) is 67.5 Å². The van der Waals surface area contributed by atoms with Gasteiger partial charge < -0.3 is 5.11 Å². The zero-order chi connectivity index (χ0) is 27.4. The van der Waals surface area contributed by atoms with Gasteiger partial charge in [-0.3, -0.25) is 9.59 Å². The maximum atomic E-state index is 14.5. The summed E-state index contributed by atoms with van der Waals surface area (Å²) in [4.78, 5) is 27.7. The maximum Gasteiger partial charge on any atom is 0.178 e. The summed E-state index contributed by atoms with van der Waals surface area (Å²) in [5.74, 6) is 0.696. The summed E-state index contributed by atoms with van der Waals surface area (Å²) in [5, 5.41) is 21.9. The first kappa shape index (κ1) is 27.6. The van der Waals surface area contributed by atoms with Crippen LogP contribution in [-0.2, 0) is 9.59 Å². The number of aliphatic hydroxyl groups excluding tert-OH is 1. The zero-order valence-corrected chi connectivity index (χ0v) is 25.5. The molecule has 4 fully saturated rings. The number of halogens is 1. The number of rotatable bonds is 2. The molecule has 5 aliphatic rings. The first-order valence-electron chi connectivity index (χ1n) is 14.5. The monoisotopic (exact) mass is 571 g/mol. The van der Waals surface area contributed by atoms with E-state index in [0.29, 0.717) is 17.5 Å². The molecule has 0 amide bonds. The molecule has 9 atom stereocenters. The van der Waals surface area contributed by atoms with Gasteiger partial charge in [0.2, 0.25) is 0 Å². The van der Waals surface area contributed by atoms with E-state index in [1.165, 1.54) is 0 Å². The van der Waals surface area contributed by atoms with E-state index in [9.17, 15) is 20.0 Å². The first-order valence-corrected chi connectivity index (χ1v) is 15.6. The van der Waals surface area contributed by atoms with E-state index >= 15 is 0 Å². The number of hydrogen-bond donors (Lipinski definition) is 1. The molecule has 1 N–H and O–H groups in total. The van der Waals surface area contributed by atoms with Crippen molar-refractivity contribution in [3.05, 3.63) is 11.6 Å². The van der Waals surface area contributed by atoms with Gasteiger partial charge >= 0.3 is 0 Å². The molecule has 0 aromatic rings. The second kappa shape index (κ2) is 8.26. The summed E-state index contributed by atoms with van der Waals surface area (Å²) in [6.07, 6.45) is 9.00. The highest BCUT2D eigenvalue weighted by Gasteiger charge is 2.72. The van der Waals surface area contributed by atoms with Crippen LogP contribution >= 0.6 is 15.9 Å². The zero-order valence-electron chi connectivity index (χ0n) is 23.9. The molecule has 5 heteroatoms. The van der Waals surface area contributed by atoms with Crippen LogP contribution in [-0.4, -0.2) is 28.1 Å². The third kappa shape index (κ3) is 3.39. The summed E-state index contributed by atoms with van der Waals surface area (Å²) in [5.41, 5.74) is -0.960. The van der Waals surface area contributed by atoms with Crippen molar-refractivity contribution in [3.8, 4) is 6.07 Å². The molecule has 0 bridgehead atoms. The molecular formula is C32H46BrNO3. The number of nitrogens with zero attached hydrogens (tertiary/aromatic N) is 1. The maximum absolute atomic E-state index is 14.5. The predicted octanol–water partition coefficient (Wildman–Crippen LogP) is 7.04. The summed E-state index contributed by atoms with van der Waals surface area (Å²) in [6, 6.07) is 2.22. The lowest BCUT2D eigenvalue weighted by Crippen LogP contribution is -2.69. The number of nitriles is 1. The highest BCUT2D eigenvalue weighted by atomic mass is 79.9. The largest absolute Gasteiger partial charge is 0.392 e. The Bertz CT molecular complexity index is 1100. The summed E-state index contributed by atoms with van der Waals surface area (Å²) in [6.45, 7) is 15.8. The molecule has 0 aliphatic heterocycles. The standard InChI is InChI=1S/C32H46BrNO3/c1-27(2)10-12-32(24(36)17-33)13-11-31(7)25(20(32)16-27)21(35)14-23-29(5)15-19(18-34)26(37)28(3,4)22(29)8-9-30(23,31)6/h15,20,22-25,36H,8-14,16-17H2,1-7H3/t20-,22+,23-,24?,25?,29+,30-,31-,32+/m1/s1. The third-order valence-corrected chi connectivity index (χ3v) is 14.0. The number of carbonyl (C=O) groups excluding carboxylic acids is 2. The van der Waals surface area contributed by atoms with E-state index in [0.717, 1.165) is 44.9 Å². The van der Waals surface area contributed by atoms with Gasteiger partial charge in [0.15, 0.2) is 5.78 Å². The lowest BCUT2D eigenvalue weighted by Gasteiger charge is -2.72. The van der Waals surface area contributed by atoms with Crippen LogP contribution in [0.4, 0.5) is 0 Å². The van der Waals surface area contributed by atoms with E-state index in [4.69, 9.17) is 0 Å². The number of aliphatic hydroxyl groups is 1. The number of allylic oxidation sites excluding steroid dienone is 2. The van der Waals surface area contributed by atoms with Crippen LogP contribution < -0.4 is 0 Å². The summed E-state index contributed by atoms with van der Waals surface area (Å²) >= 11 is 3.60. The second-order valence-corrected chi connectivity index (χ2v) is 16.2. The topological polar surface area (TPSA) is 78.2 Å². The van der Waals surface area contributed by atoms with Gasteiger partial charge in [-0.05, 0) is 84.4 Å². The molecule has 0 aromatic heterocycles. The normalized spacial score (nSPS) is 48.9. The van der Waals surface area contributed by atoms with Gasteiger partial charge in [-0.15, -0.1) is 0 Å². The van der Waals surface area contributed by atoms with Gasteiger partial charge in [0.25, 0.3) is 0 Å². The lowest BCUT2D eigenvalue weighted by molar-refractivity contribution is -0.232. The van der Waals surface area contributed by atoms with E-state index in [1.54, 1.807) is 0 Å². The number of carbonyl (C=O) groups is 2. The molecule has 5 aliphatic carbocycles. The molecule has 2 unspecified atom stereocenters. The smallest absolute Gasteiger partial charge is 0.178 e. The Morgan fingerprint density at radius 2 is 1.65 bits per heavy atom. The van der Waals surface area contributed by atoms with Gasteiger partial charge in [0.1, 0.15) is 11.9 Å². The molecule has 4 nitrogen and oxygen atoms in total. The Kier molecular flexibility index (Phi) is 6.16. The van der Waals surface area contributed by atoms with Crippen molar-refractivity contribution in [2.24, 2.45) is 56.2 Å². The molecule has 5 rings (SSSR count). The van der Waals surface area contributed by atoms with Crippen LogP contribution in [0.2, 0.25) is 0 Å². The molecule has 0 radical (unpaired) electrons. The highest BCUT2D eigenvalue weighted by molar-refractivity contribution is 9.09. The number of fused-ring (bicyclic) bond motifs is 7. The Morgan fingerprint density at radius 3 is 2.27 bits per heavy atom. The van der Waals surface area contributed by atoms with Gasteiger partial charge in [-0.25, -0.2) is 0 Å². The molecule has 204 valence electrons. The van der Waals surface area contributed by atoms with Crippen molar-refractivity contribution in [2.45, 2.75) is 106 Å². The minimum Gasteiger partial charge on any atom is -0.392 e. The van der Waals surface area contributed by atoms with Gasteiger partial charge in [0, 0.05) is 28.5 Å². The molecular weight excluding hydrogens is 526 g/mol. The summed E-state index contributed by atoms with van der Waals surface area (Å²) < 4.78 is 0. The Hall–Kier alpha value is -0.990. The van der Waals surface area contributed by atoms with E-state index < -0.39 is 11.5 Å². The van der Waals surface area contributed by atoms with Gasteiger partial charge in [0.05, 0.1) is 11.7 Å². The lowest BCUT2D eigenvalue weighted by atomic mass is 9.31. The fraction of sp³-hybridized carbons (Fsp3) is 0.844. The molecule has 0 aromatic carbocycles. The van der Waals surface area contributed by atoms with Crippen LogP contribution in [0.1, 0.15) is 99.8 Å². The number of Topliss-reactive ketones (excluding diaryl/α,β-unsaturated/α-hetero) is 2. The molecule has 0 heterocycles. The molecule has 0 saturated heterocycles. The van der Waals surface area contributed by atoms with Crippen molar-refractivity contribution >= 4 is 27.5 Å². The van der Waals surface area contributed by atoms with Crippen molar-refractivity contribution in [3.63, 3.8) is 0 Å². The minimum atomic E-state index is -0.605. The number of alkyl halides is 1. The Balaban J connectivity index is 1.64. The highest BCUT2D eigenvalue weighted by Crippen LogP contribution is 2.76. The second-order valence-electron chi connectivity index (χ2n) is 15.6. The van der Waals surface area contributed by atoms with Crippen LogP contribution in [0.3, 0.4) is 0 Å². The van der Waals surface area contributed by atoms with Gasteiger partial charge in [-0.2, -0.15) is 5.26 Å². The molecule has 4 saturated carbocycles.